The number of hydrogen-bond donors (Lipinski definition) is 1. The quantitative estimate of drug-likeness (QED) is 0.915. The van der Waals surface area contributed by atoms with Crippen LogP contribution in [0.1, 0.15) is 67.1 Å². The maximum atomic E-state index is 13.0. The first kappa shape index (κ1) is 18.6. The van der Waals surface area contributed by atoms with Crippen LogP contribution in [0, 0.1) is 0 Å². The van der Waals surface area contributed by atoms with Gasteiger partial charge in [0.25, 0.3) is 5.91 Å². The first-order valence-corrected chi connectivity index (χ1v) is 9.22. The average molecular weight is 355 g/mol. The number of nitrogens with one attached hydrogen (secondary N) is 1. The molecule has 3 heterocycles. The molecule has 26 heavy (non-hydrogen) atoms. The monoisotopic (exact) mass is 355 g/mol. The minimum absolute atomic E-state index is 0.0154. The number of nitrogens with zero attached hydrogens (tertiary/aromatic N) is 4. The molecule has 1 amide bonds. The fourth-order valence-electron chi connectivity index (χ4n) is 3.37. The van der Waals surface area contributed by atoms with Crippen LogP contribution in [-0.4, -0.2) is 51.5 Å². The Labute approximate surface area is 155 Å². The maximum absolute atomic E-state index is 13.0. The van der Waals surface area contributed by atoms with E-state index >= 15 is 0 Å². The van der Waals surface area contributed by atoms with Gasteiger partial charge in [-0.25, -0.2) is 0 Å². The molecule has 2 aromatic rings. The van der Waals surface area contributed by atoms with Crippen LogP contribution in [0.2, 0.25) is 0 Å². The number of carbonyl (C=O) groups excluding carboxylic acids is 1. The molecular formula is C20H29N5O. The minimum atomic E-state index is -0.0558. The van der Waals surface area contributed by atoms with Crippen molar-refractivity contribution in [2.24, 2.45) is 0 Å². The fourth-order valence-corrected chi connectivity index (χ4v) is 3.37. The molecule has 0 spiro atoms. The van der Waals surface area contributed by atoms with Crippen molar-refractivity contribution in [3.8, 4) is 0 Å². The second kappa shape index (κ2) is 7.19. The molecule has 6 nitrogen and oxygen atoms in total. The second-order valence-electron chi connectivity index (χ2n) is 8.40. The average Bonchev–Trinajstić information content (AvgIpc) is 3.23. The summed E-state index contributed by atoms with van der Waals surface area (Å²) in [7, 11) is 4.09. The van der Waals surface area contributed by atoms with E-state index in [1.54, 1.807) is 0 Å². The number of aromatic amines is 1. The second-order valence-corrected chi connectivity index (χ2v) is 8.40. The van der Waals surface area contributed by atoms with Gasteiger partial charge in [-0.05, 0) is 44.6 Å². The summed E-state index contributed by atoms with van der Waals surface area (Å²) in [5.41, 5.74) is 3.55. The first-order chi connectivity index (χ1) is 12.3. The molecule has 1 saturated heterocycles. The van der Waals surface area contributed by atoms with Crippen LogP contribution in [0.15, 0.2) is 24.4 Å². The van der Waals surface area contributed by atoms with E-state index in [1.807, 2.05) is 31.3 Å². The van der Waals surface area contributed by atoms with Crippen LogP contribution in [0.3, 0.4) is 0 Å². The SMILES string of the molecule is CN(C)Cc1ccc([C@H]2CCCN2C(=O)c2cc(C(C)(C)C)[nH]n2)nc1. The van der Waals surface area contributed by atoms with E-state index in [4.69, 9.17) is 0 Å². The van der Waals surface area contributed by atoms with E-state index in [0.717, 1.165) is 37.3 Å². The Bertz CT molecular complexity index is 757. The van der Waals surface area contributed by atoms with Gasteiger partial charge in [-0.2, -0.15) is 5.10 Å². The molecule has 0 unspecified atom stereocenters. The predicted molar refractivity (Wildman–Crippen MR) is 102 cm³/mol. The maximum Gasteiger partial charge on any atom is 0.274 e. The zero-order valence-electron chi connectivity index (χ0n) is 16.4. The largest absolute Gasteiger partial charge is 0.329 e. The topological polar surface area (TPSA) is 65.1 Å². The van der Waals surface area contributed by atoms with E-state index < -0.39 is 0 Å². The molecule has 1 atom stereocenters. The van der Waals surface area contributed by atoms with Crippen LogP contribution in [0.4, 0.5) is 0 Å². The number of likely N-dealkylation sites (tertiary alicyclic amines) is 1. The number of carbonyl (C=O) groups is 1. The molecule has 3 rings (SSSR count). The van der Waals surface area contributed by atoms with Crippen LogP contribution in [0.5, 0.6) is 0 Å². The molecule has 0 aliphatic carbocycles. The van der Waals surface area contributed by atoms with Crippen LogP contribution in [0.25, 0.3) is 0 Å². The summed E-state index contributed by atoms with van der Waals surface area (Å²) in [5.74, 6) is -0.0154. The van der Waals surface area contributed by atoms with Gasteiger partial charge in [0.15, 0.2) is 0 Å². The third-order valence-electron chi connectivity index (χ3n) is 4.81. The summed E-state index contributed by atoms with van der Waals surface area (Å²) < 4.78 is 0. The molecule has 1 aliphatic heterocycles. The zero-order valence-corrected chi connectivity index (χ0v) is 16.4. The lowest BCUT2D eigenvalue weighted by Gasteiger charge is -2.23. The van der Waals surface area contributed by atoms with Gasteiger partial charge in [-0.1, -0.05) is 26.8 Å². The van der Waals surface area contributed by atoms with Crippen molar-refractivity contribution < 1.29 is 4.79 Å². The lowest BCUT2D eigenvalue weighted by Crippen LogP contribution is -2.31. The molecule has 0 aromatic carbocycles. The molecule has 6 heteroatoms. The van der Waals surface area contributed by atoms with Crippen molar-refractivity contribution in [3.63, 3.8) is 0 Å². The number of aromatic nitrogens is 3. The van der Waals surface area contributed by atoms with Crippen LogP contribution in [-0.2, 0) is 12.0 Å². The molecule has 1 N–H and O–H groups in total. The van der Waals surface area contributed by atoms with Gasteiger partial charge in [0.1, 0.15) is 5.69 Å². The van der Waals surface area contributed by atoms with Crippen molar-refractivity contribution in [1.29, 1.82) is 0 Å². The van der Waals surface area contributed by atoms with Crippen molar-refractivity contribution in [3.05, 3.63) is 47.0 Å². The Morgan fingerprint density at radius 3 is 2.69 bits per heavy atom. The molecular weight excluding hydrogens is 326 g/mol. The first-order valence-electron chi connectivity index (χ1n) is 9.22. The number of pyridine rings is 1. The Kier molecular flexibility index (Phi) is 5.14. The molecule has 0 saturated carbocycles. The molecule has 2 aromatic heterocycles. The zero-order chi connectivity index (χ0) is 18.9. The van der Waals surface area contributed by atoms with Crippen molar-refractivity contribution in [2.75, 3.05) is 20.6 Å². The number of hydrogen-bond acceptors (Lipinski definition) is 4. The molecule has 0 radical (unpaired) electrons. The molecule has 0 bridgehead atoms. The van der Waals surface area contributed by atoms with Gasteiger partial charge < -0.3 is 9.80 Å². The summed E-state index contributed by atoms with van der Waals surface area (Å²) in [4.78, 5) is 21.7. The molecule has 1 aliphatic rings. The number of rotatable bonds is 4. The lowest BCUT2D eigenvalue weighted by atomic mass is 9.92. The van der Waals surface area contributed by atoms with Gasteiger partial charge in [0.05, 0.1) is 11.7 Å². The highest BCUT2D eigenvalue weighted by molar-refractivity contribution is 5.93. The number of H-pyrrole nitrogens is 1. The Morgan fingerprint density at radius 1 is 1.35 bits per heavy atom. The van der Waals surface area contributed by atoms with Crippen LogP contribution >= 0.6 is 0 Å². The van der Waals surface area contributed by atoms with E-state index in [2.05, 4.69) is 53.0 Å². The van der Waals surface area contributed by atoms with Crippen molar-refractivity contribution >= 4 is 5.91 Å². The Morgan fingerprint density at radius 2 is 2.12 bits per heavy atom. The smallest absolute Gasteiger partial charge is 0.274 e. The van der Waals surface area contributed by atoms with Crippen molar-refractivity contribution in [1.82, 2.24) is 25.0 Å². The predicted octanol–water partition coefficient (Wildman–Crippen LogP) is 3.14. The third-order valence-corrected chi connectivity index (χ3v) is 4.81. The third kappa shape index (κ3) is 3.96. The highest BCUT2D eigenvalue weighted by Gasteiger charge is 2.33. The number of amides is 1. The van der Waals surface area contributed by atoms with E-state index in [1.165, 1.54) is 5.56 Å². The van der Waals surface area contributed by atoms with Crippen LogP contribution < -0.4 is 0 Å². The summed E-state index contributed by atoms with van der Waals surface area (Å²) in [6.45, 7) is 7.93. The normalized spacial score (nSPS) is 17.9. The Balaban J connectivity index is 1.77. The minimum Gasteiger partial charge on any atom is -0.329 e. The van der Waals surface area contributed by atoms with Gasteiger partial charge >= 0.3 is 0 Å². The van der Waals surface area contributed by atoms with E-state index in [-0.39, 0.29) is 17.4 Å². The summed E-state index contributed by atoms with van der Waals surface area (Å²) in [6, 6.07) is 6.08. The summed E-state index contributed by atoms with van der Waals surface area (Å²) in [5, 5.41) is 7.27. The Hall–Kier alpha value is -2.21. The molecule has 1 fully saturated rings. The fraction of sp³-hybridized carbons (Fsp3) is 0.550. The van der Waals surface area contributed by atoms with E-state index in [0.29, 0.717) is 5.69 Å². The van der Waals surface area contributed by atoms with Crippen molar-refractivity contribution in [2.45, 2.75) is 51.6 Å². The van der Waals surface area contributed by atoms with Gasteiger partial charge in [-0.15, -0.1) is 0 Å². The van der Waals surface area contributed by atoms with Gasteiger partial charge in [-0.3, -0.25) is 14.9 Å². The summed E-state index contributed by atoms with van der Waals surface area (Å²) in [6.07, 6.45) is 3.86. The highest BCUT2D eigenvalue weighted by atomic mass is 16.2. The van der Waals surface area contributed by atoms with E-state index in [9.17, 15) is 4.79 Å². The lowest BCUT2D eigenvalue weighted by molar-refractivity contribution is 0.0727. The summed E-state index contributed by atoms with van der Waals surface area (Å²) >= 11 is 0. The van der Waals surface area contributed by atoms with Gasteiger partial charge in [0, 0.05) is 30.4 Å². The van der Waals surface area contributed by atoms with Gasteiger partial charge in [0.2, 0.25) is 0 Å². The molecule has 140 valence electrons. The standard InChI is InChI=1S/C20H29N5O/c1-20(2,3)18-11-16(22-23-18)19(26)25-10-6-7-17(25)15-9-8-14(12-21-15)13-24(4)5/h8-9,11-12,17H,6-7,10,13H2,1-5H3,(H,22,23)/t17-/m1/s1. The highest BCUT2D eigenvalue weighted by Crippen LogP contribution is 2.32.